The van der Waals surface area contributed by atoms with Crippen molar-refractivity contribution in [1.29, 1.82) is 0 Å². The van der Waals surface area contributed by atoms with Crippen molar-refractivity contribution in [2.45, 2.75) is 13.1 Å². The fourth-order valence-electron chi connectivity index (χ4n) is 2.11. The molecule has 10 heteroatoms. The van der Waals surface area contributed by atoms with Crippen LogP contribution in [0.15, 0.2) is 41.3 Å². The number of nitro groups is 1. The molecule has 0 aliphatic carbocycles. The first-order valence-electron chi connectivity index (χ1n) is 7.02. The molecule has 0 spiro atoms. The van der Waals surface area contributed by atoms with Crippen LogP contribution in [0.1, 0.15) is 21.9 Å². The van der Waals surface area contributed by atoms with Gasteiger partial charge in [-0.05, 0) is 12.1 Å². The molecule has 0 atom stereocenters. The minimum Gasteiger partial charge on any atom is -0.454 e. The Balaban J connectivity index is 1.59. The molecule has 0 saturated carbocycles. The zero-order chi connectivity index (χ0) is 17.1. The van der Waals surface area contributed by atoms with Crippen molar-refractivity contribution in [3.05, 3.63) is 64.1 Å². The molecule has 3 heterocycles. The zero-order valence-electron chi connectivity index (χ0n) is 12.7. The van der Waals surface area contributed by atoms with Gasteiger partial charge in [-0.25, -0.2) is 0 Å². The minimum absolute atomic E-state index is 0.101. The lowest BCUT2D eigenvalue weighted by molar-refractivity contribution is -0.385. The molecule has 0 bridgehead atoms. The third-order valence-electron chi connectivity index (χ3n) is 3.25. The van der Waals surface area contributed by atoms with Gasteiger partial charge in [-0.15, -0.1) is 0 Å². The summed E-state index contributed by atoms with van der Waals surface area (Å²) in [5.41, 5.74) is 0.775. The maximum absolute atomic E-state index is 12.0. The van der Waals surface area contributed by atoms with Crippen molar-refractivity contribution in [2.75, 3.05) is 0 Å². The van der Waals surface area contributed by atoms with Gasteiger partial charge in [0, 0.05) is 25.4 Å². The number of amides is 1. The Labute approximate surface area is 135 Å². The highest BCUT2D eigenvalue weighted by Crippen LogP contribution is 2.13. The largest absolute Gasteiger partial charge is 0.454 e. The number of nitrogens with one attached hydrogen (secondary N) is 1. The minimum atomic E-state index is -0.525. The van der Waals surface area contributed by atoms with Crippen LogP contribution in [0.3, 0.4) is 0 Å². The van der Waals surface area contributed by atoms with Crippen LogP contribution in [0.25, 0.3) is 0 Å². The lowest BCUT2D eigenvalue weighted by Crippen LogP contribution is -2.22. The molecule has 0 aromatic carbocycles. The summed E-state index contributed by atoms with van der Waals surface area (Å²) < 4.78 is 8.47. The second-order valence-electron chi connectivity index (χ2n) is 5.12. The van der Waals surface area contributed by atoms with Crippen LogP contribution in [0.2, 0.25) is 0 Å². The summed E-state index contributed by atoms with van der Waals surface area (Å²) in [6.07, 6.45) is 5.92. The molecular weight excluding hydrogens is 316 g/mol. The molecule has 0 unspecified atom stereocenters. The van der Waals surface area contributed by atoms with E-state index < -0.39 is 4.92 Å². The van der Waals surface area contributed by atoms with Gasteiger partial charge in [-0.1, -0.05) is 0 Å². The average molecular weight is 330 g/mol. The molecule has 0 radical (unpaired) electrons. The fraction of sp³-hybridized carbons (Fsp3) is 0.214. The van der Waals surface area contributed by atoms with E-state index in [2.05, 4.69) is 15.5 Å². The molecular formula is C14H14N6O4. The molecule has 0 aliphatic heterocycles. The summed E-state index contributed by atoms with van der Waals surface area (Å²) in [6.45, 7) is 0.539. The summed E-state index contributed by atoms with van der Waals surface area (Å²) in [6, 6.07) is 3.18. The number of aryl methyl sites for hydroxylation is 1. The van der Waals surface area contributed by atoms with E-state index in [9.17, 15) is 14.9 Å². The molecule has 124 valence electrons. The Morgan fingerprint density at radius 2 is 2.17 bits per heavy atom. The SMILES string of the molecule is Cn1cc(CNC(=O)c2ccc(Cn3cc([N+](=O)[O-])cn3)o2)cn1. The van der Waals surface area contributed by atoms with Gasteiger partial charge in [0.1, 0.15) is 18.2 Å². The number of furan rings is 1. The summed E-state index contributed by atoms with van der Waals surface area (Å²) in [4.78, 5) is 22.1. The van der Waals surface area contributed by atoms with Gasteiger partial charge in [-0.3, -0.25) is 24.3 Å². The van der Waals surface area contributed by atoms with Crippen LogP contribution in [-0.2, 0) is 20.1 Å². The van der Waals surface area contributed by atoms with E-state index in [0.29, 0.717) is 12.3 Å². The van der Waals surface area contributed by atoms with Gasteiger partial charge < -0.3 is 9.73 Å². The summed E-state index contributed by atoms with van der Waals surface area (Å²) in [5.74, 6) is 0.284. The average Bonchev–Trinajstić information content (AvgIpc) is 3.26. The van der Waals surface area contributed by atoms with Crippen molar-refractivity contribution >= 4 is 11.6 Å². The number of hydrogen-bond donors (Lipinski definition) is 1. The first-order chi connectivity index (χ1) is 11.5. The molecule has 0 fully saturated rings. The maximum Gasteiger partial charge on any atom is 0.307 e. The van der Waals surface area contributed by atoms with Crippen molar-refractivity contribution in [1.82, 2.24) is 24.9 Å². The molecule has 10 nitrogen and oxygen atoms in total. The van der Waals surface area contributed by atoms with E-state index in [0.717, 1.165) is 11.8 Å². The van der Waals surface area contributed by atoms with Crippen LogP contribution in [0, 0.1) is 10.1 Å². The highest BCUT2D eigenvalue weighted by Gasteiger charge is 2.13. The molecule has 0 saturated heterocycles. The molecule has 1 N–H and O–H groups in total. The van der Waals surface area contributed by atoms with Gasteiger partial charge in [0.15, 0.2) is 5.76 Å². The van der Waals surface area contributed by atoms with Crippen molar-refractivity contribution in [3.63, 3.8) is 0 Å². The molecule has 0 aliphatic rings. The Bertz CT molecular complexity index is 877. The van der Waals surface area contributed by atoms with Gasteiger partial charge >= 0.3 is 5.69 Å². The Hall–Kier alpha value is -3.43. The highest BCUT2D eigenvalue weighted by molar-refractivity contribution is 5.91. The van der Waals surface area contributed by atoms with E-state index in [1.807, 2.05) is 0 Å². The quantitative estimate of drug-likeness (QED) is 0.533. The predicted octanol–water partition coefficient (Wildman–Crippen LogP) is 1.10. The first-order valence-corrected chi connectivity index (χ1v) is 7.02. The van der Waals surface area contributed by atoms with Crippen molar-refractivity contribution in [2.24, 2.45) is 7.05 Å². The molecule has 3 aromatic heterocycles. The molecule has 3 rings (SSSR count). The van der Waals surface area contributed by atoms with Gasteiger partial charge in [0.2, 0.25) is 0 Å². The number of hydrogen-bond acceptors (Lipinski definition) is 6. The van der Waals surface area contributed by atoms with Crippen LogP contribution < -0.4 is 5.32 Å². The smallest absolute Gasteiger partial charge is 0.307 e. The third kappa shape index (κ3) is 3.48. The van der Waals surface area contributed by atoms with Crippen molar-refractivity contribution < 1.29 is 14.1 Å². The standard InChI is InChI=1S/C14H14N6O4/c1-18-7-10(5-16-18)4-15-14(21)13-3-2-12(24-13)9-19-8-11(6-17-19)20(22)23/h2-3,5-8H,4,9H2,1H3,(H,15,21). The number of carbonyl (C=O) groups is 1. The molecule has 3 aromatic rings. The zero-order valence-corrected chi connectivity index (χ0v) is 12.7. The van der Waals surface area contributed by atoms with Crippen LogP contribution in [0.4, 0.5) is 5.69 Å². The van der Waals surface area contributed by atoms with E-state index >= 15 is 0 Å². The van der Waals surface area contributed by atoms with Crippen LogP contribution >= 0.6 is 0 Å². The number of aromatic nitrogens is 4. The van der Waals surface area contributed by atoms with E-state index in [1.54, 1.807) is 36.3 Å². The topological polar surface area (TPSA) is 121 Å². The van der Waals surface area contributed by atoms with Crippen LogP contribution in [0.5, 0.6) is 0 Å². The Morgan fingerprint density at radius 3 is 2.83 bits per heavy atom. The summed E-state index contributed by atoms with van der Waals surface area (Å²) >= 11 is 0. The van der Waals surface area contributed by atoms with Gasteiger partial charge in [-0.2, -0.15) is 10.2 Å². The second-order valence-corrected chi connectivity index (χ2v) is 5.12. The molecule has 24 heavy (non-hydrogen) atoms. The number of nitrogens with zero attached hydrogens (tertiary/aromatic N) is 5. The lowest BCUT2D eigenvalue weighted by atomic mass is 10.3. The van der Waals surface area contributed by atoms with Gasteiger partial charge in [0.05, 0.1) is 17.7 Å². The predicted molar refractivity (Wildman–Crippen MR) is 81.1 cm³/mol. The highest BCUT2D eigenvalue weighted by atomic mass is 16.6. The Morgan fingerprint density at radius 1 is 1.33 bits per heavy atom. The number of rotatable bonds is 6. The third-order valence-corrected chi connectivity index (χ3v) is 3.25. The molecule has 1 amide bonds. The van der Waals surface area contributed by atoms with Gasteiger partial charge in [0.25, 0.3) is 5.91 Å². The fourth-order valence-corrected chi connectivity index (χ4v) is 2.11. The lowest BCUT2D eigenvalue weighted by Gasteiger charge is -2.01. The van der Waals surface area contributed by atoms with Crippen LogP contribution in [-0.4, -0.2) is 30.4 Å². The van der Waals surface area contributed by atoms with Crippen molar-refractivity contribution in [3.8, 4) is 0 Å². The Kier molecular flexibility index (Phi) is 4.10. The van der Waals surface area contributed by atoms with E-state index in [1.165, 1.54) is 10.9 Å². The normalized spacial score (nSPS) is 10.7. The number of carbonyl (C=O) groups excluding carboxylic acids is 1. The summed E-state index contributed by atoms with van der Waals surface area (Å²) in [5, 5.41) is 21.2. The van der Waals surface area contributed by atoms with E-state index in [4.69, 9.17) is 4.42 Å². The second kappa shape index (κ2) is 6.36. The first kappa shape index (κ1) is 15.5. The monoisotopic (exact) mass is 330 g/mol. The van der Waals surface area contributed by atoms with E-state index in [-0.39, 0.29) is 23.9 Å². The maximum atomic E-state index is 12.0. The summed E-state index contributed by atoms with van der Waals surface area (Å²) in [7, 11) is 1.80.